The fraction of sp³-hybridized carbons (Fsp3) is 0.615. The van der Waals surface area contributed by atoms with Crippen LogP contribution in [0, 0.1) is 5.92 Å². The molecule has 0 aromatic carbocycles. The van der Waals surface area contributed by atoms with Crippen molar-refractivity contribution in [3.05, 3.63) is 18.5 Å². The second kappa shape index (κ2) is 4.45. The summed E-state index contributed by atoms with van der Waals surface area (Å²) in [6.45, 7) is 1.19. The maximum Gasteiger partial charge on any atom is 0.242 e. The molecule has 6 nitrogen and oxygen atoms in total. The van der Waals surface area contributed by atoms with Gasteiger partial charge in [0.05, 0.1) is 19.6 Å². The third-order valence-electron chi connectivity index (χ3n) is 3.89. The number of hydrogen-bond acceptors (Lipinski definition) is 5. The summed E-state index contributed by atoms with van der Waals surface area (Å²) in [4.78, 5) is 23.7. The lowest BCUT2D eigenvalue weighted by molar-refractivity contribution is -0.157. The van der Waals surface area contributed by atoms with Crippen LogP contribution in [-0.2, 0) is 4.79 Å². The summed E-state index contributed by atoms with van der Waals surface area (Å²) in [6, 6.07) is 1.74. The van der Waals surface area contributed by atoms with Gasteiger partial charge in [-0.15, -0.1) is 0 Å². The highest BCUT2D eigenvalue weighted by molar-refractivity contribution is 5.81. The molecule has 19 heavy (non-hydrogen) atoms. The standard InChI is InChI=1S/C13H18N4O2/c1-16(12-14-5-2-6-15-12)7-11(18)17-8-13(19,9-17)10-3-4-10/h2,5-6,10,19H,3-4,7-9H2,1H3. The highest BCUT2D eigenvalue weighted by atomic mass is 16.3. The van der Waals surface area contributed by atoms with E-state index in [0.29, 0.717) is 25.0 Å². The van der Waals surface area contributed by atoms with Gasteiger partial charge in [0.15, 0.2) is 0 Å². The number of aliphatic hydroxyl groups is 1. The number of β-amino-alcohol motifs (C(OH)–C–C–N with tert-alkyl or cyclic N) is 1. The zero-order valence-corrected chi connectivity index (χ0v) is 11.0. The maximum atomic E-state index is 12.1. The molecule has 0 atom stereocenters. The zero-order valence-electron chi connectivity index (χ0n) is 11.0. The molecule has 0 bridgehead atoms. The van der Waals surface area contributed by atoms with Crippen LogP contribution in [0.2, 0.25) is 0 Å². The average molecular weight is 262 g/mol. The molecule has 0 radical (unpaired) electrons. The van der Waals surface area contributed by atoms with Crippen LogP contribution in [0.15, 0.2) is 18.5 Å². The fourth-order valence-electron chi connectivity index (χ4n) is 2.53. The van der Waals surface area contributed by atoms with E-state index < -0.39 is 5.60 Å². The molecule has 0 unspecified atom stereocenters. The monoisotopic (exact) mass is 262 g/mol. The third-order valence-corrected chi connectivity index (χ3v) is 3.89. The predicted octanol–water partition coefficient (Wildman–Crippen LogP) is -0.104. The predicted molar refractivity (Wildman–Crippen MR) is 69.6 cm³/mol. The summed E-state index contributed by atoms with van der Waals surface area (Å²) in [5.41, 5.74) is -0.614. The van der Waals surface area contributed by atoms with E-state index in [4.69, 9.17) is 0 Å². The molecule has 1 N–H and O–H groups in total. The molecular formula is C13H18N4O2. The summed E-state index contributed by atoms with van der Waals surface area (Å²) in [5.74, 6) is 0.959. The molecule has 0 spiro atoms. The smallest absolute Gasteiger partial charge is 0.242 e. The van der Waals surface area contributed by atoms with Crippen molar-refractivity contribution in [2.24, 2.45) is 5.92 Å². The Morgan fingerprint density at radius 2 is 2.11 bits per heavy atom. The molecule has 1 saturated carbocycles. The lowest BCUT2D eigenvalue weighted by atomic mass is 9.88. The molecule has 6 heteroatoms. The van der Waals surface area contributed by atoms with E-state index in [1.54, 1.807) is 35.3 Å². The van der Waals surface area contributed by atoms with E-state index in [2.05, 4.69) is 9.97 Å². The molecule has 2 aliphatic rings. The van der Waals surface area contributed by atoms with E-state index in [9.17, 15) is 9.90 Å². The first-order valence-corrected chi connectivity index (χ1v) is 6.57. The third kappa shape index (κ3) is 2.40. The molecule has 1 saturated heterocycles. The summed E-state index contributed by atoms with van der Waals surface area (Å²) >= 11 is 0. The molecule has 3 rings (SSSR count). The Hall–Kier alpha value is -1.69. The summed E-state index contributed by atoms with van der Waals surface area (Å²) < 4.78 is 0. The number of carbonyl (C=O) groups is 1. The Morgan fingerprint density at radius 1 is 1.47 bits per heavy atom. The molecular weight excluding hydrogens is 244 g/mol. The van der Waals surface area contributed by atoms with E-state index >= 15 is 0 Å². The quantitative estimate of drug-likeness (QED) is 0.820. The summed E-state index contributed by atoms with van der Waals surface area (Å²) in [6.07, 6.45) is 5.49. The van der Waals surface area contributed by atoms with Gasteiger partial charge in [0.2, 0.25) is 11.9 Å². The first kappa shape index (κ1) is 12.3. The van der Waals surface area contributed by atoms with Crippen LogP contribution in [0.25, 0.3) is 0 Å². The summed E-state index contributed by atoms with van der Waals surface area (Å²) in [5, 5.41) is 10.2. The number of nitrogens with zero attached hydrogens (tertiary/aromatic N) is 4. The minimum Gasteiger partial charge on any atom is -0.386 e. The van der Waals surface area contributed by atoms with Gasteiger partial charge < -0.3 is 14.9 Å². The van der Waals surface area contributed by atoms with E-state index in [1.807, 2.05) is 0 Å². The van der Waals surface area contributed by atoms with Gasteiger partial charge in [-0.3, -0.25) is 4.79 Å². The molecule has 2 fully saturated rings. The number of rotatable bonds is 4. The fourth-order valence-corrected chi connectivity index (χ4v) is 2.53. The first-order chi connectivity index (χ1) is 9.08. The number of hydrogen-bond donors (Lipinski definition) is 1. The minimum atomic E-state index is -0.614. The zero-order chi connectivity index (χ0) is 13.5. The van der Waals surface area contributed by atoms with Crippen LogP contribution in [0.1, 0.15) is 12.8 Å². The Kier molecular flexibility index (Phi) is 2.89. The average Bonchev–Trinajstić information content (AvgIpc) is 3.20. The number of carbonyl (C=O) groups excluding carboxylic acids is 1. The van der Waals surface area contributed by atoms with Crippen LogP contribution in [0.5, 0.6) is 0 Å². The lowest BCUT2D eigenvalue weighted by Gasteiger charge is -2.47. The SMILES string of the molecule is CN(CC(=O)N1CC(O)(C2CC2)C1)c1ncccn1. The second-order valence-corrected chi connectivity index (χ2v) is 5.53. The molecule has 1 aromatic rings. The molecule has 1 aromatic heterocycles. The van der Waals surface area contributed by atoms with Crippen molar-refractivity contribution in [3.8, 4) is 0 Å². The van der Waals surface area contributed by atoms with Crippen molar-refractivity contribution < 1.29 is 9.90 Å². The molecule has 102 valence electrons. The van der Waals surface area contributed by atoms with Gasteiger partial charge in [-0.05, 0) is 24.8 Å². The second-order valence-electron chi connectivity index (χ2n) is 5.53. The molecule has 2 heterocycles. The van der Waals surface area contributed by atoms with E-state index in [-0.39, 0.29) is 12.5 Å². The van der Waals surface area contributed by atoms with E-state index in [1.165, 1.54) is 0 Å². The number of likely N-dealkylation sites (tertiary alicyclic amines) is 1. The van der Waals surface area contributed by atoms with Crippen LogP contribution in [0.3, 0.4) is 0 Å². The van der Waals surface area contributed by atoms with Crippen LogP contribution in [0.4, 0.5) is 5.95 Å². The van der Waals surface area contributed by atoms with Gasteiger partial charge >= 0.3 is 0 Å². The Morgan fingerprint density at radius 3 is 2.68 bits per heavy atom. The minimum absolute atomic E-state index is 0.0141. The van der Waals surface area contributed by atoms with Gasteiger partial charge in [-0.1, -0.05) is 0 Å². The number of amides is 1. The number of anilines is 1. The first-order valence-electron chi connectivity index (χ1n) is 6.57. The molecule has 1 aliphatic carbocycles. The normalized spacial score (nSPS) is 20.8. The lowest BCUT2D eigenvalue weighted by Crippen LogP contribution is -2.65. The van der Waals surface area contributed by atoms with Crippen LogP contribution >= 0.6 is 0 Å². The van der Waals surface area contributed by atoms with Crippen molar-refractivity contribution in [2.75, 3.05) is 31.6 Å². The Bertz CT molecular complexity index is 469. The van der Waals surface area contributed by atoms with Gasteiger partial charge in [-0.2, -0.15) is 0 Å². The Labute approximate surface area is 112 Å². The Balaban J connectivity index is 1.52. The van der Waals surface area contributed by atoms with Crippen molar-refractivity contribution in [1.82, 2.24) is 14.9 Å². The van der Waals surface area contributed by atoms with Crippen LogP contribution < -0.4 is 4.90 Å². The maximum absolute atomic E-state index is 12.1. The van der Waals surface area contributed by atoms with Crippen LogP contribution in [-0.4, -0.2) is 58.2 Å². The van der Waals surface area contributed by atoms with Crippen molar-refractivity contribution in [3.63, 3.8) is 0 Å². The highest BCUT2D eigenvalue weighted by Crippen LogP contribution is 2.44. The number of aromatic nitrogens is 2. The van der Waals surface area contributed by atoms with E-state index in [0.717, 1.165) is 12.8 Å². The largest absolute Gasteiger partial charge is 0.386 e. The van der Waals surface area contributed by atoms with Gasteiger partial charge in [0.25, 0.3) is 0 Å². The summed E-state index contributed by atoms with van der Waals surface area (Å²) in [7, 11) is 1.79. The highest BCUT2D eigenvalue weighted by Gasteiger charge is 2.53. The number of likely N-dealkylation sites (N-methyl/N-ethyl adjacent to an activating group) is 1. The molecule has 1 aliphatic heterocycles. The topological polar surface area (TPSA) is 69.6 Å². The van der Waals surface area contributed by atoms with Gasteiger partial charge in [0.1, 0.15) is 5.60 Å². The van der Waals surface area contributed by atoms with Gasteiger partial charge in [0, 0.05) is 19.4 Å². The van der Waals surface area contributed by atoms with Crippen molar-refractivity contribution in [1.29, 1.82) is 0 Å². The molecule has 1 amide bonds. The van der Waals surface area contributed by atoms with Gasteiger partial charge in [-0.25, -0.2) is 9.97 Å². The van der Waals surface area contributed by atoms with Crippen molar-refractivity contribution in [2.45, 2.75) is 18.4 Å². The van der Waals surface area contributed by atoms with Crippen molar-refractivity contribution >= 4 is 11.9 Å².